The first-order chi connectivity index (χ1) is 20.5. The Kier molecular flexibility index (Phi) is 14.5. The number of thioether (sulfide) groups is 1. The van der Waals surface area contributed by atoms with E-state index < -0.39 is 66.1 Å². The highest BCUT2D eigenvalue weighted by molar-refractivity contribution is 7.98. The van der Waals surface area contributed by atoms with Crippen LogP contribution in [0.1, 0.15) is 44.6 Å². The van der Waals surface area contributed by atoms with E-state index in [0.29, 0.717) is 25.1 Å². The second kappa shape index (κ2) is 17.8. The van der Waals surface area contributed by atoms with E-state index in [2.05, 4.69) is 26.3 Å². The topological polar surface area (TPSA) is 239 Å². The van der Waals surface area contributed by atoms with Crippen LogP contribution in [-0.4, -0.2) is 88.3 Å². The first kappa shape index (κ1) is 35.1. The summed E-state index contributed by atoms with van der Waals surface area (Å²) in [6.45, 7) is 1.66. The maximum absolute atomic E-state index is 13.4. The minimum absolute atomic E-state index is 0.134. The van der Waals surface area contributed by atoms with Crippen molar-refractivity contribution in [1.29, 1.82) is 0 Å². The Morgan fingerprint density at radius 2 is 1.51 bits per heavy atom. The van der Waals surface area contributed by atoms with Gasteiger partial charge in [-0.1, -0.05) is 18.2 Å². The molecule has 0 spiro atoms. The number of carbonyl (C=O) groups excluding carboxylic acids is 5. The molecule has 43 heavy (non-hydrogen) atoms. The minimum atomic E-state index is -1.55. The van der Waals surface area contributed by atoms with E-state index in [9.17, 15) is 33.9 Å². The molecule has 0 saturated carbocycles. The van der Waals surface area contributed by atoms with Gasteiger partial charge in [-0.3, -0.25) is 28.8 Å². The van der Waals surface area contributed by atoms with Crippen LogP contribution in [0.5, 0.6) is 0 Å². The zero-order valence-electron chi connectivity index (χ0n) is 24.3. The SMILES string of the molecule is CSCC[C@H](NC(=O)[C@H](Cc1c[nH]c2ccccc12)NC(C)=O)C(=O)N[C@@H](CC(=O)O)C(=O)N[C@@H](CCCCN)C(N)=O. The van der Waals surface area contributed by atoms with Crippen LogP contribution in [0.2, 0.25) is 0 Å². The van der Waals surface area contributed by atoms with Gasteiger partial charge in [-0.2, -0.15) is 11.8 Å². The van der Waals surface area contributed by atoms with Crippen LogP contribution < -0.4 is 32.7 Å². The first-order valence-electron chi connectivity index (χ1n) is 13.9. The van der Waals surface area contributed by atoms with E-state index in [1.807, 2.05) is 30.5 Å². The molecule has 236 valence electrons. The maximum atomic E-state index is 13.4. The quantitative estimate of drug-likeness (QED) is 0.0945. The maximum Gasteiger partial charge on any atom is 0.305 e. The van der Waals surface area contributed by atoms with Crippen molar-refractivity contribution in [1.82, 2.24) is 26.3 Å². The number of benzene rings is 1. The van der Waals surface area contributed by atoms with Crippen LogP contribution in [0.4, 0.5) is 0 Å². The largest absolute Gasteiger partial charge is 0.481 e. The molecule has 1 aromatic carbocycles. The molecule has 0 bridgehead atoms. The highest BCUT2D eigenvalue weighted by Crippen LogP contribution is 2.19. The van der Waals surface area contributed by atoms with E-state index in [4.69, 9.17) is 11.5 Å². The molecule has 0 saturated heterocycles. The van der Waals surface area contributed by atoms with Crippen molar-refractivity contribution in [3.63, 3.8) is 0 Å². The average Bonchev–Trinajstić information content (AvgIpc) is 3.35. The Balaban J connectivity index is 2.21. The normalized spacial score (nSPS) is 13.7. The summed E-state index contributed by atoms with van der Waals surface area (Å²) < 4.78 is 0. The Hall–Kier alpha value is -4.11. The number of para-hydroxylation sites is 1. The highest BCUT2D eigenvalue weighted by atomic mass is 32.2. The Labute approximate surface area is 253 Å². The molecule has 15 heteroatoms. The zero-order valence-corrected chi connectivity index (χ0v) is 25.1. The predicted molar refractivity (Wildman–Crippen MR) is 163 cm³/mol. The number of nitrogens with one attached hydrogen (secondary N) is 5. The monoisotopic (exact) mass is 619 g/mol. The zero-order chi connectivity index (χ0) is 31.9. The van der Waals surface area contributed by atoms with Crippen LogP contribution in [0, 0.1) is 0 Å². The van der Waals surface area contributed by atoms with Crippen molar-refractivity contribution in [2.45, 2.75) is 69.6 Å². The number of carbonyl (C=O) groups is 6. The number of carboxylic acids is 1. The summed E-state index contributed by atoms with van der Waals surface area (Å²) in [5.41, 5.74) is 12.5. The van der Waals surface area contributed by atoms with E-state index >= 15 is 0 Å². The number of amides is 5. The summed E-state index contributed by atoms with van der Waals surface area (Å²) in [5, 5.41) is 20.4. The first-order valence-corrected chi connectivity index (χ1v) is 15.3. The molecule has 0 fully saturated rings. The number of fused-ring (bicyclic) bond motifs is 1. The number of primary amides is 1. The fourth-order valence-electron chi connectivity index (χ4n) is 4.46. The molecule has 4 atom stereocenters. The highest BCUT2D eigenvalue weighted by Gasteiger charge is 2.32. The second-order valence-corrected chi connectivity index (χ2v) is 11.1. The summed E-state index contributed by atoms with van der Waals surface area (Å²) in [4.78, 5) is 78.2. The van der Waals surface area contributed by atoms with Gasteiger partial charge in [-0.15, -0.1) is 0 Å². The molecular formula is C28H41N7O7S. The number of H-pyrrole nitrogens is 1. The molecule has 2 rings (SSSR count). The number of unbranched alkanes of at least 4 members (excludes halogenated alkanes) is 1. The van der Waals surface area contributed by atoms with Gasteiger partial charge in [0.25, 0.3) is 0 Å². The summed E-state index contributed by atoms with van der Waals surface area (Å²) in [6.07, 6.45) is 4.35. The van der Waals surface area contributed by atoms with Crippen molar-refractivity contribution >= 4 is 58.2 Å². The van der Waals surface area contributed by atoms with Crippen LogP contribution in [0.3, 0.4) is 0 Å². The summed E-state index contributed by atoms with van der Waals surface area (Å²) in [6, 6.07) is 2.67. The molecule has 10 N–H and O–H groups in total. The van der Waals surface area contributed by atoms with Crippen molar-refractivity contribution < 1.29 is 33.9 Å². The Morgan fingerprint density at radius 3 is 2.14 bits per heavy atom. The lowest BCUT2D eigenvalue weighted by Gasteiger charge is -2.25. The number of hydrogen-bond acceptors (Lipinski definition) is 8. The van der Waals surface area contributed by atoms with Crippen LogP contribution in [0.15, 0.2) is 30.5 Å². The molecule has 0 radical (unpaired) electrons. The van der Waals surface area contributed by atoms with Gasteiger partial charge in [0, 0.05) is 30.4 Å². The number of hydrogen-bond donors (Lipinski definition) is 8. The molecule has 14 nitrogen and oxygen atoms in total. The molecule has 1 aromatic heterocycles. The molecule has 0 unspecified atom stereocenters. The van der Waals surface area contributed by atoms with Crippen molar-refractivity contribution in [3.8, 4) is 0 Å². The molecule has 5 amide bonds. The standard InChI is InChI=1S/C28H41N7O7S/c1-16(36)32-22(13-17-15-31-19-8-4-3-7-18(17)19)27(41)34-21(10-12-43-2)26(40)35-23(14-24(37)38)28(42)33-20(25(30)39)9-5-6-11-29/h3-4,7-8,15,20-23,31H,5-6,9-14,29H2,1-2H3,(H2,30,39)(H,32,36)(H,33,42)(H,34,41)(H,35,40)(H,37,38)/t20-,21-,22-,23-/m0/s1. The molecule has 2 aromatic rings. The van der Waals surface area contributed by atoms with Gasteiger partial charge in [0.15, 0.2) is 0 Å². The minimum Gasteiger partial charge on any atom is -0.481 e. The van der Waals surface area contributed by atoms with E-state index in [1.165, 1.54) is 18.7 Å². The average molecular weight is 620 g/mol. The third kappa shape index (κ3) is 11.6. The van der Waals surface area contributed by atoms with Gasteiger partial charge in [0.2, 0.25) is 29.5 Å². The predicted octanol–water partition coefficient (Wildman–Crippen LogP) is -0.488. The van der Waals surface area contributed by atoms with Gasteiger partial charge in [0.1, 0.15) is 24.2 Å². The van der Waals surface area contributed by atoms with Gasteiger partial charge >= 0.3 is 5.97 Å². The number of aromatic amines is 1. The lowest BCUT2D eigenvalue weighted by Crippen LogP contribution is -2.58. The number of aromatic nitrogens is 1. The lowest BCUT2D eigenvalue weighted by atomic mass is 10.0. The molecule has 1 heterocycles. The van der Waals surface area contributed by atoms with Crippen LogP contribution in [-0.2, 0) is 35.2 Å². The van der Waals surface area contributed by atoms with E-state index in [-0.39, 0.29) is 19.3 Å². The Morgan fingerprint density at radius 1 is 0.884 bits per heavy atom. The lowest BCUT2D eigenvalue weighted by molar-refractivity contribution is -0.141. The summed E-state index contributed by atoms with van der Waals surface area (Å²) in [5.74, 6) is -4.50. The van der Waals surface area contributed by atoms with E-state index in [1.54, 1.807) is 6.20 Å². The summed E-state index contributed by atoms with van der Waals surface area (Å²) >= 11 is 1.42. The Bertz CT molecular complexity index is 1290. The van der Waals surface area contributed by atoms with Gasteiger partial charge in [-0.05, 0) is 55.9 Å². The van der Waals surface area contributed by atoms with Crippen molar-refractivity contribution in [3.05, 3.63) is 36.0 Å². The smallest absolute Gasteiger partial charge is 0.305 e. The fraction of sp³-hybridized carbons (Fsp3) is 0.500. The van der Waals surface area contributed by atoms with Crippen LogP contribution in [0.25, 0.3) is 10.9 Å². The third-order valence-corrected chi connectivity index (χ3v) is 7.30. The molecule has 0 aliphatic carbocycles. The number of aliphatic carboxylic acids is 1. The number of nitrogens with two attached hydrogens (primary N) is 2. The third-order valence-electron chi connectivity index (χ3n) is 6.66. The summed E-state index contributed by atoms with van der Waals surface area (Å²) in [7, 11) is 0. The fourth-order valence-corrected chi connectivity index (χ4v) is 4.93. The number of rotatable bonds is 19. The van der Waals surface area contributed by atoms with Crippen LogP contribution >= 0.6 is 11.8 Å². The van der Waals surface area contributed by atoms with Gasteiger partial charge < -0.3 is 42.8 Å². The second-order valence-electron chi connectivity index (χ2n) is 10.1. The van der Waals surface area contributed by atoms with Crippen molar-refractivity contribution in [2.24, 2.45) is 11.5 Å². The van der Waals surface area contributed by atoms with Crippen molar-refractivity contribution in [2.75, 3.05) is 18.6 Å². The molecule has 0 aliphatic rings. The van der Waals surface area contributed by atoms with Gasteiger partial charge in [-0.25, -0.2) is 0 Å². The molecular weight excluding hydrogens is 578 g/mol. The number of carboxylic acid groups (broad SMARTS) is 1. The van der Waals surface area contributed by atoms with E-state index in [0.717, 1.165) is 16.5 Å². The molecule has 0 aliphatic heterocycles. The van der Waals surface area contributed by atoms with Gasteiger partial charge in [0.05, 0.1) is 6.42 Å².